The van der Waals surface area contributed by atoms with Crippen molar-refractivity contribution in [3.63, 3.8) is 0 Å². The molecule has 3 rings (SSSR count). The first-order valence-electron chi connectivity index (χ1n) is 7.24. The third-order valence-electron chi connectivity index (χ3n) is 4.05. The van der Waals surface area contributed by atoms with Gasteiger partial charge in [0.1, 0.15) is 6.54 Å². The first kappa shape index (κ1) is 13.2. The molecular weight excluding hydrogens is 252 g/mol. The highest BCUT2D eigenvalue weighted by Gasteiger charge is 2.17. The number of aliphatic hydroxyl groups is 1. The summed E-state index contributed by atoms with van der Waals surface area (Å²) in [4.78, 5) is 12.1. The number of aliphatic hydroxyl groups excluding tert-OH is 1. The summed E-state index contributed by atoms with van der Waals surface area (Å²) in [7, 11) is 0. The Morgan fingerprint density at radius 3 is 2.85 bits per heavy atom. The highest BCUT2D eigenvalue weighted by Crippen LogP contribution is 2.19. The molecule has 0 spiro atoms. The van der Waals surface area contributed by atoms with E-state index in [1.165, 1.54) is 12.8 Å². The van der Waals surface area contributed by atoms with Gasteiger partial charge >= 0.3 is 0 Å². The van der Waals surface area contributed by atoms with Crippen LogP contribution in [0.1, 0.15) is 31.2 Å². The van der Waals surface area contributed by atoms with Gasteiger partial charge in [-0.25, -0.2) is 0 Å². The summed E-state index contributed by atoms with van der Waals surface area (Å²) < 4.78 is 1.96. The van der Waals surface area contributed by atoms with Crippen molar-refractivity contribution in [2.75, 3.05) is 0 Å². The molecule has 1 aromatic heterocycles. The van der Waals surface area contributed by atoms with Crippen molar-refractivity contribution in [3.05, 3.63) is 36.0 Å². The maximum atomic E-state index is 12.1. The zero-order valence-electron chi connectivity index (χ0n) is 11.5. The minimum Gasteiger partial charge on any atom is -0.392 e. The summed E-state index contributed by atoms with van der Waals surface area (Å²) >= 11 is 0. The number of aromatic nitrogens is 1. The van der Waals surface area contributed by atoms with Crippen molar-refractivity contribution in [2.24, 2.45) is 0 Å². The minimum atomic E-state index is 0.0449. The van der Waals surface area contributed by atoms with E-state index in [0.29, 0.717) is 12.6 Å². The predicted octanol–water partition coefficient (Wildman–Crippen LogP) is 2.19. The molecule has 0 radical (unpaired) electrons. The molecule has 0 aliphatic heterocycles. The summed E-state index contributed by atoms with van der Waals surface area (Å²) in [5, 5.41) is 13.3. The quantitative estimate of drug-likeness (QED) is 0.896. The van der Waals surface area contributed by atoms with Gasteiger partial charge in [0.25, 0.3) is 0 Å². The molecule has 4 nitrogen and oxygen atoms in total. The van der Waals surface area contributed by atoms with E-state index in [2.05, 4.69) is 5.32 Å². The van der Waals surface area contributed by atoms with Gasteiger partial charge < -0.3 is 15.0 Å². The van der Waals surface area contributed by atoms with Crippen molar-refractivity contribution in [1.82, 2.24) is 9.88 Å². The number of carbonyl (C=O) groups is 1. The first-order chi connectivity index (χ1) is 9.76. The van der Waals surface area contributed by atoms with Gasteiger partial charge in [0.2, 0.25) is 5.91 Å². The molecule has 1 heterocycles. The molecule has 1 fully saturated rings. The Balaban J connectivity index is 1.72. The van der Waals surface area contributed by atoms with E-state index in [1.807, 2.05) is 35.0 Å². The Hall–Kier alpha value is -1.81. The molecule has 20 heavy (non-hydrogen) atoms. The number of carbonyl (C=O) groups excluding carboxylic acids is 1. The van der Waals surface area contributed by atoms with Crippen LogP contribution in [0.2, 0.25) is 0 Å². The van der Waals surface area contributed by atoms with Crippen LogP contribution in [0, 0.1) is 0 Å². The third kappa shape index (κ3) is 2.70. The van der Waals surface area contributed by atoms with E-state index in [4.69, 9.17) is 5.11 Å². The molecule has 1 aromatic carbocycles. The molecule has 1 saturated carbocycles. The molecule has 4 heteroatoms. The number of rotatable bonds is 4. The van der Waals surface area contributed by atoms with Gasteiger partial charge in [0.15, 0.2) is 0 Å². The van der Waals surface area contributed by atoms with Crippen LogP contribution in [0.15, 0.2) is 30.5 Å². The lowest BCUT2D eigenvalue weighted by Gasteiger charge is -2.12. The number of hydrogen-bond acceptors (Lipinski definition) is 2. The Kier molecular flexibility index (Phi) is 3.74. The van der Waals surface area contributed by atoms with Gasteiger partial charge in [-0.05, 0) is 42.0 Å². The van der Waals surface area contributed by atoms with Crippen molar-refractivity contribution in [2.45, 2.75) is 44.9 Å². The van der Waals surface area contributed by atoms with Crippen LogP contribution < -0.4 is 5.32 Å². The second kappa shape index (κ2) is 5.67. The van der Waals surface area contributed by atoms with Crippen LogP contribution in [-0.2, 0) is 17.9 Å². The van der Waals surface area contributed by atoms with Gasteiger partial charge in [-0.3, -0.25) is 4.79 Å². The van der Waals surface area contributed by atoms with Gasteiger partial charge in [-0.15, -0.1) is 0 Å². The zero-order chi connectivity index (χ0) is 13.9. The van der Waals surface area contributed by atoms with E-state index in [0.717, 1.165) is 29.3 Å². The molecule has 2 N–H and O–H groups in total. The van der Waals surface area contributed by atoms with E-state index >= 15 is 0 Å². The molecule has 2 aromatic rings. The summed E-state index contributed by atoms with van der Waals surface area (Å²) in [6, 6.07) is 8.17. The van der Waals surface area contributed by atoms with Crippen LogP contribution in [-0.4, -0.2) is 21.6 Å². The fourth-order valence-corrected chi connectivity index (χ4v) is 2.98. The molecule has 106 valence electrons. The molecule has 0 unspecified atom stereocenters. The van der Waals surface area contributed by atoms with Gasteiger partial charge in [0.05, 0.1) is 6.61 Å². The Labute approximate surface area is 118 Å². The average Bonchev–Trinajstić information content (AvgIpc) is 3.08. The van der Waals surface area contributed by atoms with Crippen molar-refractivity contribution in [1.29, 1.82) is 0 Å². The monoisotopic (exact) mass is 272 g/mol. The number of nitrogens with one attached hydrogen (secondary N) is 1. The lowest BCUT2D eigenvalue weighted by atomic mass is 10.2. The number of benzene rings is 1. The van der Waals surface area contributed by atoms with Crippen molar-refractivity contribution < 1.29 is 9.90 Å². The molecule has 0 bridgehead atoms. The summed E-state index contributed by atoms with van der Waals surface area (Å²) in [6.07, 6.45) is 6.60. The topological polar surface area (TPSA) is 54.3 Å². The van der Waals surface area contributed by atoms with Gasteiger partial charge in [-0.2, -0.15) is 0 Å². The van der Waals surface area contributed by atoms with E-state index in [-0.39, 0.29) is 12.5 Å². The maximum Gasteiger partial charge on any atom is 0.240 e. The molecule has 1 aliphatic rings. The van der Waals surface area contributed by atoms with Gasteiger partial charge in [-0.1, -0.05) is 18.9 Å². The Morgan fingerprint density at radius 1 is 1.30 bits per heavy atom. The lowest BCUT2D eigenvalue weighted by Crippen LogP contribution is -2.35. The first-order valence-corrected chi connectivity index (χ1v) is 7.24. The molecule has 0 atom stereocenters. The predicted molar refractivity (Wildman–Crippen MR) is 78.3 cm³/mol. The lowest BCUT2D eigenvalue weighted by molar-refractivity contribution is -0.122. The second-order valence-electron chi connectivity index (χ2n) is 5.54. The van der Waals surface area contributed by atoms with Crippen LogP contribution in [0.5, 0.6) is 0 Å². The third-order valence-corrected chi connectivity index (χ3v) is 4.05. The fraction of sp³-hybridized carbons (Fsp3) is 0.438. The van der Waals surface area contributed by atoms with E-state index in [9.17, 15) is 4.79 Å². The number of fused-ring (bicyclic) bond motifs is 1. The number of hydrogen-bond donors (Lipinski definition) is 2. The Bertz CT molecular complexity index is 612. The normalized spacial score (nSPS) is 15.8. The molecule has 0 saturated heterocycles. The molecule has 1 amide bonds. The number of nitrogens with zero attached hydrogens (tertiary/aromatic N) is 1. The standard InChI is InChI=1S/C16H20N2O2/c19-11-12-5-6-15-13(9-12)7-8-18(15)10-16(20)17-14-3-1-2-4-14/h5-9,14,19H,1-4,10-11H2,(H,17,20). The van der Waals surface area contributed by atoms with E-state index < -0.39 is 0 Å². The summed E-state index contributed by atoms with van der Waals surface area (Å²) in [6.45, 7) is 0.405. The SMILES string of the molecule is O=C(Cn1ccc2cc(CO)ccc21)NC1CCCC1. The zero-order valence-corrected chi connectivity index (χ0v) is 11.5. The largest absolute Gasteiger partial charge is 0.392 e. The van der Waals surface area contributed by atoms with Crippen LogP contribution in [0.4, 0.5) is 0 Å². The molecular formula is C16H20N2O2. The fourth-order valence-electron chi connectivity index (χ4n) is 2.98. The van der Waals surface area contributed by atoms with Crippen LogP contribution >= 0.6 is 0 Å². The van der Waals surface area contributed by atoms with Crippen LogP contribution in [0.25, 0.3) is 10.9 Å². The average molecular weight is 272 g/mol. The summed E-state index contributed by atoms with van der Waals surface area (Å²) in [5.74, 6) is 0.0839. The highest BCUT2D eigenvalue weighted by atomic mass is 16.3. The number of amides is 1. The van der Waals surface area contributed by atoms with Gasteiger partial charge in [0, 0.05) is 17.8 Å². The second-order valence-corrected chi connectivity index (χ2v) is 5.54. The highest BCUT2D eigenvalue weighted by molar-refractivity contribution is 5.84. The smallest absolute Gasteiger partial charge is 0.240 e. The minimum absolute atomic E-state index is 0.0449. The maximum absolute atomic E-state index is 12.1. The summed E-state index contributed by atoms with van der Waals surface area (Å²) in [5.41, 5.74) is 1.93. The Morgan fingerprint density at radius 2 is 2.10 bits per heavy atom. The van der Waals surface area contributed by atoms with Crippen LogP contribution in [0.3, 0.4) is 0 Å². The van der Waals surface area contributed by atoms with Crippen molar-refractivity contribution >= 4 is 16.8 Å². The molecule has 1 aliphatic carbocycles. The van der Waals surface area contributed by atoms with Crippen molar-refractivity contribution in [3.8, 4) is 0 Å². The van der Waals surface area contributed by atoms with E-state index in [1.54, 1.807) is 0 Å².